The molecular weight excluding hydrogens is 128 g/mol. The highest BCUT2D eigenvalue weighted by molar-refractivity contribution is 5.67. The quantitative estimate of drug-likeness (QED) is 0.528. The minimum absolute atomic E-state index is 0.0475. The third-order valence-corrected chi connectivity index (χ3v) is 1.72. The third kappa shape index (κ3) is 1.35. The van der Waals surface area contributed by atoms with Crippen LogP contribution >= 0.6 is 0 Å². The van der Waals surface area contributed by atoms with Crippen LogP contribution < -0.4 is 0 Å². The molecule has 0 bridgehead atoms. The third-order valence-electron chi connectivity index (χ3n) is 1.72. The van der Waals surface area contributed by atoms with Gasteiger partial charge in [-0.3, -0.25) is 4.99 Å². The second-order valence-electron chi connectivity index (χ2n) is 2.37. The maximum Gasteiger partial charge on any atom is 0.142 e. The maximum atomic E-state index is 10.4. The average molecular weight is 140 g/mol. The number of rotatable bonds is 3. The van der Waals surface area contributed by atoms with E-state index in [-0.39, 0.29) is 6.04 Å². The summed E-state index contributed by atoms with van der Waals surface area (Å²) in [5.41, 5.74) is 0. The van der Waals surface area contributed by atoms with E-state index in [9.17, 15) is 4.79 Å². The van der Waals surface area contributed by atoms with Crippen molar-refractivity contribution in [2.45, 2.75) is 19.4 Å². The molecule has 0 aliphatic carbocycles. The fourth-order valence-electron chi connectivity index (χ4n) is 1.05. The number of carbonyl (C=O) groups excluding carboxylic acids is 1. The van der Waals surface area contributed by atoms with E-state index in [4.69, 9.17) is 0 Å². The molecule has 0 N–H and O–H groups in total. The number of carbonyl (C=O) groups is 1. The van der Waals surface area contributed by atoms with Gasteiger partial charge in [0.05, 0.1) is 18.9 Å². The van der Waals surface area contributed by atoms with Crippen molar-refractivity contribution in [1.29, 1.82) is 0 Å². The normalized spacial score (nSPS) is 19.5. The summed E-state index contributed by atoms with van der Waals surface area (Å²) in [6, 6.07) is 0.0475. The van der Waals surface area contributed by atoms with Crippen LogP contribution in [0.25, 0.3) is 0 Å². The Bertz CT molecular complexity index is 145. The van der Waals surface area contributed by atoms with Crippen molar-refractivity contribution in [3.05, 3.63) is 0 Å². The van der Waals surface area contributed by atoms with E-state index in [1.165, 1.54) is 0 Å². The molecule has 0 saturated heterocycles. The van der Waals surface area contributed by atoms with Crippen LogP contribution in [0.5, 0.6) is 0 Å². The van der Waals surface area contributed by atoms with Gasteiger partial charge in [0.15, 0.2) is 0 Å². The Hall–Kier alpha value is -0.860. The number of nitrogens with zero attached hydrogens (tertiary/aromatic N) is 2. The van der Waals surface area contributed by atoms with Crippen LogP contribution in [0.15, 0.2) is 4.99 Å². The number of hydrogen-bond acceptors (Lipinski definition) is 3. The van der Waals surface area contributed by atoms with Crippen LogP contribution in [0, 0.1) is 0 Å². The Morgan fingerprint density at radius 3 is 3.10 bits per heavy atom. The van der Waals surface area contributed by atoms with Gasteiger partial charge in [-0.25, -0.2) is 0 Å². The molecule has 1 aliphatic rings. The zero-order chi connectivity index (χ0) is 7.40. The van der Waals surface area contributed by atoms with Crippen molar-refractivity contribution in [1.82, 2.24) is 4.90 Å². The Morgan fingerprint density at radius 2 is 2.70 bits per heavy atom. The second kappa shape index (κ2) is 3.34. The van der Waals surface area contributed by atoms with Crippen molar-refractivity contribution >= 4 is 12.6 Å². The van der Waals surface area contributed by atoms with Crippen LogP contribution in [0.1, 0.15) is 13.3 Å². The Kier molecular flexibility index (Phi) is 2.42. The van der Waals surface area contributed by atoms with Gasteiger partial charge in [-0.05, 0) is 6.42 Å². The van der Waals surface area contributed by atoms with Crippen molar-refractivity contribution < 1.29 is 4.79 Å². The zero-order valence-corrected chi connectivity index (χ0v) is 6.16. The largest absolute Gasteiger partial charge is 0.351 e. The zero-order valence-electron chi connectivity index (χ0n) is 6.16. The van der Waals surface area contributed by atoms with Crippen LogP contribution in [0.4, 0.5) is 0 Å². The van der Waals surface area contributed by atoms with E-state index in [1.807, 2.05) is 11.8 Å². The summed E-state index contributed by atoms with van der Waals surface area (Å²) in [6.45, 7) is 3.74. The summed E-state index contributed by atoms with van der Waals surface area (Å²) in [5.74, 6) is 0. The topological polar surface area (TPSA) is 32.7 Å². The van der Waals surface area contributed by atoms with Crippen LogP contribution in [0.3, 0.4) is 0 Å². The van der Waals surface area contributed by atoms with E-state index >= 15 is 0 Å². The molecule has 1 atom stereocenters. The van der Waals surface area contributed by atoms with Gasteiger partial charge in [0.25, 0.3) is 0 Å². The van der Waals surface area contributed by atoms with E-state index in [0.717, 1.165) is 25.8 Å². The van der Waals surface area contributed by atoms with Crippen molar-refractivity contribution in [2.24, 2.45) is 4.99 Å². The molecule has 1 unspecified atom stereocenters. The molecule has 0 fully saturated rings. The van der Waals surface area contributed by atoms with E-state index in [1.54, 1.807) is 6.34 Å². The SMILES string of the molecule is CCC(C=O)N1C=NCC1. The minimum Gasteiger partial charge on any atom is -0.351 e. The fourth-order valence-corrected chi connectivity index (χ4v) is 1.05. The van der Waals surface area contributed by atoms with Gasteiger partial charge in [-0.15, -0.1) is 0 Å². The highest BCUT2D eigenvalue weighted by Crippen LogP contribution is 2.02. The second-order valence-corrected chi connectivity index (χ2v) is 2.37. The van der Waals surface area contributed by atoms with Crippen molar-refractivity contribution in [2.75, 3.05) is 13.1 Å². The lowest BCUT2D eigenvalue weighted by Crippen LogP contribution is -2.33. The molecule has 0 spiro atoms. The van der Waals surface area contributed by atoms with Gasteiger partial charge in [-0.2, -0.15) is 0 Å². The Balaban J connectivity index is 2.44. The number of aliphatic imine (C=N–C) groups is 1. The molecule has 0 amide bonds. The molecule has 1 rings (SSSR count). The Labute approximate surface area is 60.7 Å². The first-order valence-electron chi connectivity index (χ1n) is 3.59. The highest BCUT2D eigenvalue weighted by Gasteiger charge is 2.14. The van der Waals surface area contributed by atoms with Gasteiger partial charge in [-0.1, -0.05) is 6.92 Å². The van der Waals surface area contributed by atoms with E-state index < -0.39 is 0 Å². The maximum absolute atomic E-state index is 10.4. The smallest absolute Gasteiger partial charge is 0.142 e. The summed E-state index contributed by atoms with van der Waals surface area (Å²) in [6.07, 6.45) is 3.62. The molecule has 10 heavy (non-hydrogen) atoms. The van der Waals surface area contributed by atoms with Gasteiger partial charge < -0.3 is 9.69 Å². The summed E-state index contributed by atoms with van der Waals surface area (Å²) in [7, 11) is 0. The average Bonchev–Trinajstić information content (AvgIpc) is 2.43. The molecule has 1 aliphatic heterocycles. The lowest BCUT2D eigenvalue weighted by Gasteiger charge is -2.19. The molecule has 0 aromatic heterocycles. The predicted molar refractivity (Wildman–Crippen MR) is 40.2 cm³/mol. The van der Waals surface area contributed by atoms with E-state index in [2.05, 4.69) is 4.99 Å². The summed E-state index contributed by atoms with van der Waals surface area (Å²) in [4.78, 5) is 16.4. The first kappa shape index (κ1) is 7.25. The molecule has 0 radical (unpaired) electrons. The summed E-state index contributed by atoms with van der Waals surface area (Å²) in [5, 5.41) is 0. The Morgan fingerprint density at radius 1 is 1.90 bits per heavy atom. The molecular formula is C7H12N2O. The molecule has 1 heterocycles. The van der Waals surface area contributed by atoms with Crippen LogP contribution in [-0.2, 0) is 4.79 Å². The van der Waals surface area contributed by atoms with Gasteiger partial charge in [0.2, 0.25) is 0 Å². The summed E-state index contributed by atoms with van der Waals surface area (Å²) < 4.78 is 0. The van der Waals surface area contributed by atoms with Gasteiger partial charge in [0.1, 0.15) is 6.29 Å². The van der Waals surface area contributed by atoms with Gasteiger partial charge in [0, 0.05) is 6.54 Å². The number of aldehydes is 1. The minimum atomic E-state index is 0.0475. The molecule has 3 heteroatoms. The fraction of sp³-hybridized carbons (Fsp3) is 0.714. The first-order chi connectivity index (χ1) is 4.88. The van der Waals surface area contributed by atoms with Crippen molar-refractivity contribution in [3.8, 4) is 0 Å². The lowest BCUT2D eigenvalue weighted by molar-refractivity contribution is -0.111. The monoisotopic (exact) mass is 140 g/mol. The molecule has 0 aromatic rings. The van der Waals surface area contributed by atoms with Gasteiger partial charge >= 0.3 is 0 Å². The predicted octanol–water partition coefficient (Wildman–Crippen LogP) is 0.308. The summed E-state index contributed by atoms with van der Waals surface area (Å²) >= 11 is 0. The lowest BCUT2D eigenvalue weighted by atomic mass is 10.2. The molecule has 3 nitrogen and oxygen atoms in total. The molecule has 0 saturated carbocycles. The molecule has 56 valence electrons. The molecule has 0 aromatic carbocycles. The number of hydrogen-bond donors (Lipinski definition) is 0. The highest BCUT2D eigenvalue weighted by atomic mass is 16.1. The van der Waals surface area contributed by atoms with Crippen LogP contribution in [0.2, 0.25) is 0 Å². The standard InChI is InChI=1S/C7H12N2O/c1-2-7(5-10)9-4-3-8-6-9/h5-7H,2-4H2,1H3. The van der Waals surface area contributed by atoms with Crippen LogP contribution in [-0.4, -0.2) is 36.7 Å². The van der Waals surface area contributed by atoms with Crippen molar-refractivity contribution in [3.63, 3.8) is 0 Å². The van der Waals surface area contributed by atoms with E-state index in [0.29, 0.717) is 0 Å². The first-order valence-corrected chi connectivity index (χ1v) is 3.59.